The lowest BCUT2D eigenvalue weighted by atomic mass is 9.85. The molecule has 2 nitrogen and oxygen atoms in total. The molecule has 4 unspecified atom stereocenters. The van der Waals surface area contributed by atoms with E-state index in [2.05, 4.69) is 44.5 Å². The Bertz CT molecular complexity index is 215. The third-order valence-electron chi connectivity index (χ3n) is 3.94. The second kappa shape index (κ2) is 6.41. The molecular weight excluding hydrogens is 196 g/mol. The Balaban J connectivity index is 2.45. The van der Waals surface area contributed by atoms with Gasteiger partial charge in [0, 0.05) is 31.7 Å². The van der Waals surface area contributed by atoms with Crippen LogP contribution in [0.2, 0.25) is 0 Å². The van der Waals surface area contributed by atoms with E-state index in [4.69, 9.17) is 0 Å². The van der Waals surface area contributed by atoms with Gasteiger partial charge in [0.25, 0.3) is 0 Å². The number of piperidine rings is 1. The highest BCUT2D eigenvalue weighted by Gasteiger charge is 2.31. The van der Waals surface area contributed by atoms with Crippen molar-refractivity contribution in [1.29, 1.82) is 0 Å². The summed E-state index contributed by atoms with van der Waals surface area (Å²) in [6, 6.07) is 1.34. The SMILES string of the molecule is C=CCNCC(C)N1CC(C)CC(C)C1C. The van der Waals surface area contributed by atoms with E-state index < -0.39 is 0 Å². The van der Waals surface area contributed by atoms with Gasteiger partial charge in [-0.3, -0.25) is 4.90 Å². The number of likely N-dealkylation sites (tertiary alicyclic amines) is 1. The van der Waals surface area contributed by atoms with E-state index >= 15 is 0 Å². The summed E-state index contributed by atoms with van der Waals surface area (Å²) in [5, 5.41) is 3.42. The molecule has 1 aliphatic rings. The van der Waals surface area contributed by atoms with Crippen LogP contribution >= 0.6 is 0 Å². The molecule has 1 rings (SSSR count). The first-order valence-corrected chi connectivity index (χ1v) is 6.63. The summed E-state index contributed by atoms with van der Waals surface area (Å²) < 4.78 is 0. The highest BCUT2D eigenvalue weighted by Crippen LogP contribution is 2.28. The van der Waals surface area contributed by atoms with Crippen molar-refractivity contribution in [3.05, 3.63) is 12.7 Å². The van der Waals surface area contributed by atoms with Crippen molar-refractivity contribution in [2.75, 3.05) is 19.6 Å². The lowest BCUT2D eigenvalue weighted by Gasteiger charge is -2.44. The third kappa shape index (κ3) is 3.60. The van der Waals surface area contributed by atoms with Crippen molar-refractivity contribution in [3.8, 4) is 0 Å². The van der Waals surface area contributed by atoms with Gasteiger partial charge in [0.05, 0.1) is 0 Å². The summed E-state index contributed by atoms with van der Waals surface area (Å²) in [6.07, 6.45) is 3.31. The minimum Gasteiger partial charge on any atom is -0.312 e. The Kier molecular flexibility index (Phi) is 5.50. The van der Waals surface area contributed by atoms with Gasteiger partial charge in [0.15, 0.2) is 0 Å². The van der Waals surface area contributed by atoms with Crippen LogP contribution in [0.5, 0.6) is 0 Å². The molecule has 0 aromatic heterocycles. The number of nitrogens with zero attached hydrogens (tertiary/aromatic N) is 1. The van der Waals surface area contributed by atoms with E-state index in [1.165, 1.54) is 13.0 Å². The van der Waals surface area contributed by atoms with E-state index in [9.17, 15) is 0 Å². The predicted octanol–water partition coefficient (Wildman–Crippen LogP) is 2.52. The molecule has 0 aromatic carbocycles. The fourth-order valence-corrected chi connectivity index (χ4v) is 2.85. The molecule has 0 aromatic rings. The number of hydrogen-bond acceptors (Lipinski definition) is 2. The topological polar surface area (TPSA) is 15.3 Å². The minimum atomic E-state index is 0.625. The molecule has 1 fully saturated rings. The van der Waals surface area contributed by atoms with Gasteiger partial charge < -0.3 is 5.32 Å². The molecule has 0 bridgehead atoms. The molecule has 0 spiro atoms. The molecule has 0 aliphatic carbocycles. The first-order valence-electron chi connectivity index (χ1n) is 6.63. The molecule has 94 valence electrons. The molecule has 0 amide bonds. The van der Waals surface area contributed by atoms with Crippen LogP contribution in [0.1, 0.15) is 34.1 Å². The molecule has 16 heavy (non-hydrogen) atoms. The molecule has 1 N–H and O–H groups in total. The Morgan fingerprint density at radius 3 is 2.75 bits per heavy atom. The maximum atomic E-state index is 3.73. The van der Waals surface area contributed by atoms with Crippen LogP contribution in [0, 0.1) is 11.8 Å². The molecule has 0 saturated carbocycles. The normalized spacial score (nSPS) is 33.6. The van der Waals surface area contributed by atoms with Crippen LogP contribution in [0.15, 0.2) is 12.7 Å². The Morgan fingerprint density at radius 2 is 2.12 bits per heavy atom. The fourth-order valence-electron chi connectivity index (χ4n) is 2.85. The maximum absolute atomic E-state index is 3.73. The van der Waals surface area contributed by atoms with E-state index in [0.29, 0.717) is 6.04 Å². The van der Waals surface area contributed by atoms with Gasteiger partial charge >= 0.3 is 0 Å². The van der Waals surface area contributed by atoms with Crippen molar-refractivity contribution in [1.82, 2.24) is 10.2 Å². The number of hydrogen-bond donors (Lipinski definition) is 1. The van der Waals surface area contributed by atoms with Crippen LogP contribution in [0.25, 0.3) is 0 Å². The zero-order valence-corrected chi connectivity index (χ0v) is 11.4. The summed E-state index contributed by atoms with van der Waals surface area (Å²) in [5.74, 6) is 1.67. The van der Waals surface area contributed by atoms with Gasteiger partial charge in [-0.05, 0) is 32.1 Å². The van der Waals surface area contributed by atoms with Gasteiger partial charge in [-0.2, -0.15) is 0 Å². The summed E-state index contributed by atoms with van der Waals surface area (Å²) in [7, 11) is 0. The third-order valence-corrected chi connectivity index (χ3v) is 3.94. The van der Waals surface area contributed by atoms with Crippen molar-refractivity contribution in [3.63, 3.8) is 0 Å². The molecule has 0 radical (unpaired) electrons. The van der Waals surface area contributed by atoms with E-state index in [1.807, 2.05) is 6.08 Å². The highest BCUT2D eigenvalue weighted by atomic mass is 15.2. The quantitative estimate of drug-likeness (QED) is 0.570. The van der Waals surface area contributed by atoms with Crippen molar-refractivity contribution in [2.45, 2.75) is 46.2 Å². The number of rotatable bonds is 5. The summed E-state index contributed by atoms with van der Waals surface area (Å²) in [5.41, 5.74) is 0. The Morgan fingerprint density at radius 1 is 1.44 bits per heavy atom. The van der Waals surface area contributed by atoms with Crippen molar-refractivity contribution >= 4 is 0 Å². The van der Waals surface area contributed by atoms with Crippen LogP contribution in [0.3, 0.4) is 0 Å². The fraction of sp³-hybridized carbons (Fsp3) is 0.857. The van der Waals surface area contributed by atoms with Crippen LogP contribution < -0.4 is 5.32 Å². The second-order valence-corrected chi connectivity index (χ2v) is 5.55. The standard InChI is InChI=1S/C14H28N2/c1-6-7-15-9-13(4)16-10-11(2)8-12(3)14(16)5/h6,11-15H,1,7-10H2,2-5H3. The molecular formula is C14H28N2. The zero-order valence-electron chi connectivity index (χ0n) is 11.4. The highest BCUT2D eigenvalue weighted by molar-refractivity contribution is 4.86. The van der Waals surface area contributed by atoms with E-state index in [1.54, 1.807) is 0 Å². The first-order chi connectivity index (χ1) is 7.56. The largest absolute Gasteiger partial charge is 0.312 e. The van der Waals surface area contributed by atoms with Gasteiger partial charge in [-0.15, -0.1) is 6.58 Å². The second-order valence-electron chi connectivity index (χ2n) is 5.55. The molecule has 2 heteroatoms. The summed E-state index contributed by atoms with van der Waals surface area (Å²) in [6.45, 7) is 16.4. The van der Waals surface area contributed by atoms with E-state index in [-0.39, 0.29) is 0 Å². The van der Waals surface area contributed by atoms with Gasteiger partial charge in [-0.25, -0.2) is 0 Å². The van der Waals surface area contributed by atoms with Crippen LogP contribution in [-0.2, 0) is 0 Å². The molecule has 1 heterocycles. The minimum absolute atomic E-state index is 0.625. The van der Waals surface area contributed by atoms with Gasteiger partial charge in [0.1, 0.15) is 0 Å². The summed E-state index contributed by atoms with van der Waals surface area (Å²) in [4.78, 5) is 2.66. The zero-order chi connectivity index (χ0) is 12.1. The van der Waals surface area contributed by atoms with Gasteiger partial charge in [-0.1, -0.05) is 19.9 Å². The Hall–Kier alpha value is -0.340. The average Bonchev–Trinajstić information content (AvgIpc) is 2.23. The lowest BCUT2D eigenvalue weighted by molar-refractivity contribution is 0.0469. The van der Waals surface area contributed by atoms with Crippen LogP contribution in [-0.4, -0.2) is 36.6 Å². The smallest absolute Gasteiger partial charge is 0.0195 e. The van der Waals surface area contributed by atoms with Crippen molar-refractivity contribution < 1.29 is 0 Å². The summed E-state index contributed by atoms with van der Waals surface area (Å²) >= 11 is 0. The van der Waals surface area contributed by atoms with E-state index in [0.717, 1.165) is 31.0 Å². The van der Waals surface area contributed by atoms with Gasteiger partial charge in [0.2, 0.25) is 0 Å². The maximum Gasteiger partial charge on any atom is 0.0195 e. The molecule has 4 atom stereocenters. The average molecular weight is 224 g/mol. The first kappa shape index (κ1) is 13.7. The van der Waals surface area contributed by atoms with Crippen molar-refractivity contribution in [2.24, 2.45) is 11.8 Å². The molecule has 1 aliphatic heterocycles. The monoisotopic (exact) mass is 224 g/mol. The predicted molar refractivity (Wildman–Crippen MR) is 71.6 cm³/mol. The Labute approximate surface area is 101 Å². The molecule has 1 saturated heterocycles. The lowest BCUT2D eigenvalue weighted by Crippen LogP contribution is -2.52. The number of nitrogens with one attached hydrogen (secondary N) is 1. The van der Waals surface area contributed by atoms with Crippen LogP contribution in [0.4, 0.5) is 0 Å².